The number of hydrogen-bond donors (Lipinski definition) is 1. The molecule has 0 aromatic carbocycles. The molecule has 3 rings (SSSR count). The molecule has 2 heterocycles. The highest BCUT2D eigenvalue weighted by atomic mass is 32.2. The molecule has 1 N–H and O–H groups in total. The van der Waals surface area contributed by atoms with Crippen LogP contribution in [0.15, 0.2) is 24.0 Å². The summed E-state index contributed by atoms with van der Waals surface area (Å²) >= 11 is 0. The van der Waals surface area contributed by atoms with Crippen LogP contribution in [0.4, 0.5) is 11.6 Å². The van der Waals surface area contributed by atoms with Crippen molar-refractivity contribution in [3.05, 3.63) is 24.0 Å². The van der Waals surface area contributed by atoms with Crippen molar-refractivity contribution in [2.24, 2.45) is 0 Å². The molecule has 0 bridgehead atoms. The molecule has 1 atom stereocenters. The highest BCUT2D eigenvalue weighted by Crippen LogP contribution is 2.24. The molecular formula is C18H28N4O2S. The van der Waals surface area contributed by atoms with Gasteiger partial charge >= 0.3 is 0 Å². The minimum Gasteiger partial charge on any atom is -0.370 e. The van der Waals surface area contributed by atoms with Crippen LogP contribution < -0.4 is 10.2 Å². The SMILES string of the molecule is CCN(c1cc(NCCC2=CCCCC2)ncn1)C1CCS(=O)(=O)C1. The number of hydrogen-bond acceptors (Lipinski definition) is 6. The Kier molecular flexibility index (Phi) is 5.93. The molecule has 1 unspecified atom stereocenters. The van der Waals surface area contributed by atoms with Gasteiger partial charge in [-0.1, -0.05) is 11.6 Å². The molecule has 0 saturated carbocycles. The Hall–Kier alpha value is -1.63. The van der Waals surface area contributed by atoms with Crippen LogP contribution >= 0.6 is 0 Å². The van der Waals surface area contributed by atoms with Crippen LogP contribution in [0.5, 0.6) is 0 Å². The van der Waals surface area contributed by atoms with E-state index in [1.54, 1.807) is 11.9 Å². The summed E-state index contributed by atoms with van der Waals surface area (Å²) in [6.45, 7) is 3.64. The highest BCUT2D eigenvalue weighted by Gasteiger charge is 2.32. The maximum absolute atomic E-state index is 11.8. The second kappa shape index (κ2) is 8.17. The van der Waals surface area contributed by atoms with Gasteiger partial charge in [0.05, 0.1) is 11.5 Å². The van der Waals surface area contributed by atoms with Gasteiger partial charge in [0.1, 0.15) is 18.0 Å². The van der Waals surface area contributed by atoms with E-state index >= 15 is 0 Å². The van der Waals surface area contributed by atoms with Crippen LogP contribution in [0.3, 0.4) is 0 Å². The van der Waals surface area contributed by atoms with Crippen molar-refractivity contribution >= 4 is 21.5 Å². The van der Waals surface area contributed by atoms with E-state index in [2.05, 4.69) is 26.3 Å². The van der Waals surface area contributed by atoms with E-state index in [0.717, 1.165) is 31.1 Å². The summed E-state index contributed by atoms with van der Waals surface area (Å²) in [4.78, 5) is 10.8. The number of aromatic nitrogens is 2. The van der Waals surface area contributed by atoms with Gasteiger partial charge in [-0.05, 0) is 45.4 Å². The molecule has 1 saturated heterocycles. The Labute approximate surface area is 150 Å². The van der Waals surface area contributed by atoms with Gasteiger partial charge in [-0.25, -0.2) is 18.4 Å². The summed E-state index contributed by atoms with van der Waals surface area (Å²) in [5.41, 5.74) is 1.54. The third-order valence-corrected chi connectivity index (χ3v) is 6.82. The molecule has 25 heavy (non-hydrogen) atoms. The Morgan fingerprint density at radius 2 is 2.20 bits per heavy atom. The van der Waals surface area contributed by atoms with Crippen LogP contribution in [0.1, 0.15) is 45.4 Å². The Morgan fingerprint density at radius 3 is 2.88 bits per heavy atom. The van der Waals surface area contributed by atoms with Gasteiger partial charge in [0.2, 0.25) is 0 Å². The number of sulfone groups is 1. The Balaban J connectivity index is 1.60. The van der Waals surface area contributed by atoms with Gasteiger partial charge in [-0.2, -0.15) is 0 Å². The second-order valence-electron chi connectivity index (χ2n) is 6.89. The van der Waals surface area contributed by atoms with Gasteiger partial charge in [-0.15, -0.1) is 0 Å². The number of anilines is 2. The van der Waals surface area contributed by atoms with Crippen molar-refractivity contribution in [3.63, 3.8) is 0 Å². The summed E-state index contributed by atoms with van der Waals surface area (Å²) in [7, 11) is -2.90. The summed E-state index contributed by atoms with van der Waals surface area (Å²) in [6, 6.07) is 1.95. The first-order valence-corrected chi connectivity index (χ1v) is 11.1. The molecule has 1 aromatic heterocycles. The first-order valence-electron chi connectivity index (χ1n) is 9.28. The zero-order valence-electron chi connectivity index (χ0n) is 14.9. The van der Waals surface area contributed by atoms with Gasteiger partial charge in [0.15, 0.2) is 9.84 Å². The molecule has 0 amide bonds. The van der Waals surface area contributed by atoms with Crippen LogP contribution in [0, 0.1) is 0 Å². The van der Waals surface area contributed by atoms with Gasteiger partial charge in [0, 0.05) is 25.2 Å². The van der Waals surface area contributed by atoms with Crippen molar-refractivity contribution in [2.75, 3.05) is 34.8 Å². The van der Waals surface area contributed by atoms with E-state index in [0.29, 0.717) is 6.42 Å². The Bertz CT molecular complexity index is 718. The lowest BCUT2D eigenvalue weighted by Crippen LogP contribution is -2.36. The molecule has 1 aromatic rings. The average molecular weight is 365 g/mol. The summed E-state index contributed by atoms with van der Waals surface area (Å²) < 4.78 is 23.5. The van der Waals surface area contributed by atoms with E-state index in [4.69, 9.17) is 0 Å². The fourth-order valence-corrected chi connectivity index (χ4v) is 5.44. The van der Waals surface area contributed by atoms with E-state index in [1.165, 1.54) is 25.7 Å². The van der Waals surface area contributed by atoms with Crippen molar-refractivity contribution in [2.45, 2.75) is 51.5 Å². The zero-order chi connectivity index (χ0) is 17.7. The lowest BCUT2D eigenvalue weighted by molar-refractivity contribution is 0.599. The maximum atomic E-state index is 11.8. The van der Waals surface area contributed by atoms with Crippen molar-refractivity contribution < 1.29 is 8.42 Å². The standard InChI is InChI=1S/C18H28N4O2S/c1-2-22(16-9-11-25(23,24)13-16)18-12-17(20-14-21-18)19-10-8-15-6-4-3-5-7-15/h6,12,14,16H,2-5,7-11,13H2,1H3,(H,19,20,21). The lowest BCUT2D eigenvalue weighted by Gasteiger charge is -2.28. The number of rotatable bonds is 7. The number of nitrogens with one attached hydrogen (secondary N) is 1. The maximum Gasteiger partial charge on any atom is 0.152 e. The fraction of sp³-hybridized carbons (Fsp3) is 0.667. The topological polar surface area (TPSA) is 75.2 Å². The zero-order valence-corrected chi connectivity index (χ0v) is 15.8. The van der Waals surface area contributed by atoms with Crippen LogP contribution in [-0.2, 0) is 9.84 Å². The number of nitrogens with zero attached hydrogens (tertiary/aromatic N) is 3. The molecule has 1 aliphatic carbocycles. The molecule has 1 fully saturated rings. The largest absolute Gasteiger partial charge is 0.370 e. The monoisotopic (exact) mass is 364 g/mol. The van der Waals surface area contributed by atoms with E-state index in [-0.39, 0.29) is 17.5 Å². The molecule has 0 spiro atoms. The third kappa shape index (κ3) is 4.93. The Morgan fingerprint density at radius 1 is 1.32 bits per heavy atom. The van der Waals surface area contributed by atoms with E-state index in [9.17, 15) is 8.42 Å². The van der Waals surface area contributed by atoms with Crippen LogP contribution in [0.2, 0.25) is 0 Å². The van der Waals surface area contributed by atoms with Crippen molar-refractivity contribution in [1.82, 2.24) is 9.97 Å². The molecule has 7 heteroatoms. The molecule has 0 radical (unpaired) electrons. The first kappa shape index (κ1) is 18.2. The normalized spacial score (nSPS) is 22.4. The summed E-state index contributed by atoms with van der Waals surface area (Å²) in [5.74, 6) is 2.11. The van der Waals surface area contributed by atoms with Crippen LogP contribution in [-0.4, -0.2) is 49.0 Å². The first-order chi connectivity index (χ1) is 12.1. The van der Waals surface area contributed by atoms with Gasteiger partial charge < -0.3 is 10.2 Å². The molecule has 2 aliphatic rings. The third-order valence-electron chi connectivity index (χ3n) is 5.07. The predicted molar refractivity (Wildman–Crippen MR) is 102 cm³/mol. The minimum atomic E-state index is -2.90. The summed E-state index contributed by atoms with van der Waals surface area (Å²) in [5, 5.41) is 3.38. The fourth-order valence-electron chi connectivity index (χ4n) is 3.71. The second-order valence-corrected chi connectivity index (χ2v) is 9.12. The van der Waals surface area contributed by atoms with E-state index < -0.39 is 9.84 Å². The summed E-state index contributed by atoms with van der Waals surface area (Å²) in [6.07, 6.45) is 10.7. The van der Waals surface area contributed by atoms with Gasteiger partial charge in [-0.3, -0.25) is 0 Å². The highest BCUT2D eigenvalue weighted by molar-refractivity contribution is 7.91. The predicted octanol–water partition coefficient (Wildman–Crippen LogP) is 2.79. The van der Waals surface area contributed by atoms with Crippen molar-refractivity contribution in [1.29, 1.82) is 0 Å². The molecule has 6 nitrogen and oxygen atoms in total. The van der Waals surface area contributed by atoms with Crippen molar-refractivity contribution in [3.8, 4) is 0 Å². The van der Waals surface area contributed by atoms with Crippen LogP contribution in [0.25, 0.3) is 0 Å². The quantitative estimate of drug-likeness (QED) is 0.750. The van der Waals surface area contributed by atoms with E-state index in [1.807, 2.05) is 13.0 Å². The smallest absolute Gasteiger partial charge is 0.152 e. The minimum absolute atomic E-state index is 0.0187. The number of allylic oxidation sites excluding steroid dienone is 1. The average Bonchev–Trinajstić information content (AvgIpc) is 2.97. The lowest BCUT2D eigenvalue weighted by atomic mass is 9.97. The van der Waals surface area contributed by atoms with Gasteiger partial charge in [0.25, 0.3) is 0 Å². The molecule has 1 aliphatic heterocycles. The molecule has 138 valence electrons. The molecular weight excluding hydrogens is 336 g/mol.